The van der Waals surface area contributed by atoms with Crippen molar-refractivity contribution in [2.75, 3.05) is 6.54 Å². The van der Waals surface area contributed by atoms with Crippen molar-refractivity contribution < 1.29 is 4.39 Å². The van der Waals surface area contributed by atoms with Crippen molar-refractivity contribution in [3.8, 4) is 0 Å². The molecule has 2 N–H and O–H groups in total. The van der Waals surface area contributed by atoms with Crippen LogP contribution in [0.2, 0.25) is 0 Å². The molecule has 0 aliphatic rings. The molecule has 0 radical (unpaired) electrons. The molecule has 0 saturated carbocycles. The summed E-state index contributed by atoms with van der Waals surface area (Å²) in [6.07, 6.45) is 5.93. The smallest absolute Gasteiger partial charge is 0.141 e. The Balaban J connectivity index is 3.90. The summed E-state index contributed by atoms with van der Waals surface area (Å²) in [4.78, 5) is 0. The van der Waals surface area contributed by atoms with Crippen molar-refractivity contribution in [2.24, 2.45) is 5.73 Å². The number of rotatable bonds is 5. The van der Waals surface area contributed by atoms with Gasteiger partial charge in [-0.2, -0.15) is 0 Å². The highest BCUT2D eigenvalue weighted by Gasteiger charge is 1.93. The fourth-order valence-electron chi connectivity index (χ4n) is 0.600. The van der Waals surface area contributed by atoms with Gasteiger partial charge in [0, 0.05) is 0 Å². The van der Waals surface area contributed by atoms with Crippen molar-refractivity contribution in [1.82, 2.24) is 0 Å². The Morgan fingerprint density at radius 1 is 1.58 bits per heavy atom. The molecule has 68 valence electrons. The first kappa shape index (κ1) is 11.4. The van der Waals surface area contributed by atoms with Gasteiger partial charge in [0.15, 0.2) is 0 Å². The van der Waals surface area contributed by atoms with Crippen molar-refractivity contribution in [3.63, 3.8) is 0 Å². The normalized spacial score (nSPS) is 13.2. The van der Waals surface area contributed by atoms with E-state index < -0.39 is 5.83 Å². The first-order valence-corrected chi connectivity index (χ1v) is 4.14. The molecule has 0 unspecified atom stereocenters. The Hall–Kier alpha value is -0.600. The average molecular weight is 190 g/mol. The number of halogens is 2. The van der Waals surface area contributed by atoms with Gasteiger partial charge in [0.25, 0.3) is 0 Å². The van der Waals surface area contributed by atoms with Gasteiger partial charge < -0.3 is 5.73 Å². The van der Waals surface area contributed by atoms with Gasteiger partial charge in [-0.1, -0.05) is 24.3 Å². The molecule has 0 aliphatic carbocycles. The van der Waals surface area contributed by atoms with Crippen molar-refractivity contribution in [2.45, 2.75) is 12.8 Å². The van der Waals surface area contributed by atoms with Crippen LogP contribution in [-0.4, -0.2) is 6.54 Å². The van der Waals surface area contributed by atoms with Crippen LogP contribution in [-0.2, 0) is 0 Å². The topological polar surface area (TPSA) is 26.0 Å². The second kappa shape index (κ2) is 7.07. The van der Waals surface area contributed by atoms with E-state index >= 15 is 0 Å². The second-order valence-electron chi connectivity index (χ2n) is 2.23. The molecule has 3 heteroatoms. The highest BCUT2D eigenvalue weighted by atomic mass is 35.5. The molecule has 0 bridgehead atoms. The first-order valence-electron chi connectivity index (χ1n) is 3.76. The summed E-state index contributed by atoms with van der Waals surface area (Å²) in [5.74, 6) is -0.455. The van der Waals surface area contributed by atoms with E-state index in [0.717, 1.165) is 12.8 Å². The molecule has 0 saturated heterocycles. The van der Waals surface area contributed by atoms with Crippen LogP contribution in [0, 0.1) is 0 Å². The molecule has 0 aromatic rings. The van der Waals surface area contributed by atoms with Gasteiger partial charge in [0.2, 0.25) is 0 Å². The maximum Gasteiger partial charge on any atom is 0.141 e. The minimum absolute atomic E-state index is 0.0407. The number of nitrogens with two attached hydrogens (primary N) is 1. The number of hydrogen-bond donors (Lipinski definition) is 1. The largest absolute Gasteiger partial charge is 0.330 e. The zero-order valence-electron chi connectivity index (χ0n) is 6.89. The minimum Gasteiger partial charge on any atom is -0.330 e. The molecule has 0 rings (SSSR count). The molecule has 0 aliphatic heterocycles. The molecule has 0 aromatic heterocycles. The summed E-state index contributed by atoms with van der Waals surface area (Å²) in [6.45, 7) is 3.96. The van der Waals surface area contributed by atoms with Crippen molar-refractivity contribution in [1.29, 1.82) is 0 Å². The number of hydrogen-bond acceptors (Lipinski definition) is 1. The summed E-state index contributed by atoms with van der Waals surface area (Å²) in [5.41, 5.74) is 5.25. The van der Waals surface area contributed by atoms with E-state index in [1.165, 1.54) is 12.2 Å². The molecule has 0 atom stereocenters. The summed E-state index contributed by atoms with van der Waals surface area (Å²) in [7, 11) is 0. The fraction of sp³-hybridized carbons (Fsp3) is 0.333. The van der Waals surface area contributed by atoms with Crippen LogP contribution in [0.15, 0.2) is 35.7 Å². The molecular weight excluding hydrogens is 177 g/mol. The lowest BCUT2D eigenvalue weighted by molar-refractivity contribution is 0.663. The number of allylic oxidation sites excluding steroid dienone is 5. The third-order valence-corrected chi connectivity index (χ3v) is 1.58. The summed E-state index contributed by atoms with van der Waals surface area (Å²) in [5, 5.41) is 0.0407. The Kier molecular flexibility index (Phi) is 6.72. The van der Waals surface area contributed by atoms with E-state index in [1.807, 2.05) is 0 Å². The maximum atomic E-state index is 12.8. The maximum absolute atomic E-state index is 12.8. The van der Waals surface area contributed by atoms with Crippen LogP contribution in [0.1, 0.15) is 12.8 Å². The van der Waals surface area contributed by atoms with Crippen LogP contribution < -0.4 is 5.73 Å². The highest BCUT2D eigenvalue weighted by Crippen LogP contribution is 2.13. The van der Waals surface area contributed by atoms with Gasteiger partial charge in [-0.25, -0.2) is 4.39 Å². The van der Waals surface area contributed by atoms with Crippen LogP contribution >= 0.6 is 11.6 Å². The van der Waals surface area contributed by atoms with E-state index in [9.17, 15) is 4.39 Å². The fourth-order valence-corrected chi connectivity index (χ4v) is 0.663. The van der Waals surface area contributed by atoms with E-state index in [2.05, 4.69) is 6.58 Å². The summed E-state index contributed by atoms with van der Waals surface area (Å²) < 4.78 is 12.8. The molecule has 12 heavy (non-hydrogen) atoms. The van der Waals surface area contributed by atoms with E-state index in [0.29, 0.717) is 6.54 Å². The summed E-state index contributed by atoms with van der Waals surface area (Å²) in [6, 6.07) is 0. The Morgan fingerprint density at radius 2 is 2.25 bits per heavy atom. The van der Waals surface area contributed by atoms with Crippen molar-refractivity contribution >= 4 is 11.6 Å². The predicted octanol–water partition coefficient (Wildman–Crippen LogP) is 2.89. The Morgan fingerprint density at radius 3 is 2.75 bits per heavy atom. The lowest BCUT2D eigenvalue weighted by Crippen LogP contribution is -1.96. The third kappa shape index (κ3) is 5.10. The molecular formula is C9H13ClFN. The molecule has 0 amide bonds. The van der Waals surface area contributed by atoms with Gasteiger partial charge in [-0.3, -0.25) is 0 Å². The molecule has 0 aromatic carbocycles. The molecule has 1 nitrogen and oxygen atoms in total. The van der Waals surface area contributed by atoms with Crippen LogP contribution in [0.4, 0.5) is 4.39 Å². The lowest BCUT2D eigenvalue weighted by Gasteiger charge is -1.90. The Labute approximate surface area is 77.4 Å². The molecule has 0 heterocycles. The highest BCUT2D eigenvalue weighted by molar-refractivity contribution is 6.31. The van der Waals surface area contributed by atoms with Gasteiger partial charge in [-0.05, 0) is 31.5 Å². The van der Waals surface area contributed by atoms with E-state index in [1.54, 1.807) is 6.08 Å². The summed E-state index contributed by atoms with van der Waals surface area (Å²) >= 11 is 5.44. The zero-order valence-corrected chi connectivity index (χ0v) is 7.65. The van der Waals surface area contributed by atoms with Gasteiger partial charge in [-0.15, -0.1) is 0 Å². The molecule has 0 fully saturated rings. The zero-order chi connectivity index (χ0) is 9.40. The lowest BCUT2D eigenvalue weighted by atomic mass is 10.3. The first-order chi connectivity index (χ1) is 5.72. The Bertz CT molecular complexity index is 197. The second-order valence-corrected chi connectivity index (χ2v) is 2.64. The van der Waals surface area contributed by atoms with Gasteiger partial charge in [0.05, 0.1) is 5.03 Å². The van der Waals surface area contributed by atoms with Crippen molar-refractivity contribution in [3.05, 3.63) is 35.7 Å². The average Bonchev–Trinajstić information content (AvgIpc) is 2.10. The van der Waals surface area contributed by atoms with Crippen LogP contribution in [0.25, 0.3) is 0 Å². The number of unbranched alkanes of at least 4 members (excludes halogenated alkanes) is 1. The van der Waals surface area contributed by atoms with Crippen LogP contribution in [0.5, 0.6) is 0 Å². The quantitative estimate of drug-likeness (QED) is 0.523. The van der Waals surface area contributed by atoms with E-state index in [4.69, 9.17) is 17.3 Å². The van der Waals surface area contributed by atoms with E-state index in [-0.39, 0.29) is 5.03 Å². The standard InChI is InChI=1S/C9H13ClFN/c1-2-8(10)9(11)6-4-3-5-7-12/h2,4,6H,1,3,5,7,12H2/b6-4-,9-8-. The third-order valence-electron chi connectivity index (χ3n) is 1.25. The monoisotopic (exact) mass is 189 g/mol. The van der Waals surface area contributed by atoms with Gasteiger partial charge in [0.1, 0.15) is 5.83 Å². The van der Waals surface area contributed by atoms with Crippen LogP contribution in [0.3, 0.4) is 0 Å². The van der Waals surface area contributed by atoms with Gasteiger partial charge >= 0.3 is 0 Å². The minimum atomic E-state index is -0.455. The predicted molar refractivity (Wildman–Crippen MR) is 51.6 cm³/mol. The molecule has 0 spiro atoms. The SMILES string of the molecule is C=C/C(Cl)=C(F)\C=C/CCCN.